The van der Waals surface area contributed by atoms with Crippen molar-refractivity contribution in [2.75, 3.05) is 18.2 Å². The molecular weight excluding hydrogens is 240 g/mol. The molecule has 4 heteroatoms. The first-order chi connectivity index (χ1) is 9.11. The molecule has 0 aromatic heterocycles. The van der Waals surface area contributed by atoms with Crippen LogP contribution in [0.1, 0.15) is 43.0 Å². The fraction of sp³-hybridized carbons (Fsp3) is 0.533. The van der Waals surface area contributed by atoms with Crippen LogP contribution in [0.3, 0.4) is 0 Å². The number of nitrogens with one attached hydrogen (secondary N) is 1. The Morgan fingerprint density at radius 1 is 1.37 bits per heavy atom. The molecule has 19 heavy (non-hydrogen) atoms. The van der Waals surface area contributed by atoms with Crippen LogP contribution in [0.15, 0.2) is 18.2 Å². The highest BCUT2D eigenvalue weighted by atomic mass is 16.5. The molecule has 3 N–H and O–H groups in total. The van der Waals surface area contributed by atoms with Gasteiger partial charge in [0.1, 0.15) is 0 Å². The Morgan fingerprint density at radius 2 is 2.11 bits per heavy atom. The van der Waals surface area contributed by atoms with Crippen molar-refractivity contribution in [2.45, 2.75) is 38.6 Å². The van der Waals surface area contributed by atoms with E-state index in [0.29, 0.717) is 23.2 Å². The Labute approximate surface area is 114 Å². The SMILES string of the molecule is COC(=O)c1ccc(N[C@H]2CCCC[C@@H]2C)c(N)c1. The molecule has 0 bridgehead atoms. The number of hydrogen-bond donors (Lipinski definition) is 2. The second-order valence-corrected chi connectivity index (χ2v) is 5.31. The number of carbonyl (C=O) groups is 1. The third-order valence-corrected chi connectivity index (χ3v) is 3.93. The van der Waals surface area contributed by atoms with E-state index in [1.165, 1.54) is 32.8 Å². The molecule has 2 atom stereocenters. The maximum absolute atomic E-state index is 11.4. The second kappa shape index (κ2) is 5.95. The lowest BCUT2D eigenvalue weighted by molar-refractivity contribution is 0.0601. The largest absolute Gasteiger partial charge is 0.465 e. The van der Waals surface area contributed by atoms with E-state index in [2.05, 4.69) is 17.0 Å². The predicted octanol–water partition coefficient (Wildman–Crippen LogP) is 3.05. The molecule has 0 amide bonds. The van der Waals surface area contributed by atoms with Gasteiger partial charge in [0, 0.05) is 6.04 Å². The molecule has 0 heterocycles. The number of carbonyl (C=O) groups excluding carboxylic acids is 1. The smallest absolute Gasteiger partial charge is 0.337 e. The van der Waals surface area contributed by atoms with Crippen molar-refractivity contribution < 1.29 is 9.53 Å². The van der Waals surface area contributed by atoms with Crippen molar-refractivity contribution in [1.82, 2.24) is 0 Å². The number of rotatable bonds is 3. The molecule has 104 valence electrons. The Hall–Kier alpha value is -1.71. The highest BCUT2D eigenvalue weighted by Gasteiger charge is 2.21. The monoisotopic (exact) mass is 262 g/mol. The third kappa shape index (κ3) is 3.19. The Morgan fingerprint density at radius 3 is 2.74 bits per heavy atom. The van der Waals surface area contributed by atoms with Gasteiger partial charge in [-0.15, -0.1) is 0 Å². The van der Waals surface area contributed by atoms with E-state index in [4.69, 9.17) is 5.73 Å². The summed E-state index contributed by atoms with van der Waals surface area (Å²) in [6, 6.07) is 5.75. The van der Waals surface area contributed by atoms with Crippen LogP contribution in [0.5, 0.6) is 0 Å². The van der Waals surface area contributed by atoms with E-state index in [-0.39, 0.29) is 5.97 Å². The summed E-state index contributed by atoms with van der Waals surface area (Å²) in [5, 5.41) is 3.51. The first kappa shape index (κ1) is 13.7. The maximum atomic E-state index is 11.4. The molecule has 0 spiro atoms. The third-order valence-electron chi connectivity index (χ3n) is 3.93. The normalized spacial score (nSPS) is 22.8. The number of ether oxygens (including phenoxy) is 1. The summed E-state index contributed by atoms with van der Waals surface area (Å²) in [4.78, 5) is 11.4. The summed E-state index contributed by atoms with van der Waals surface area (Å²) < 4.78 is 4.68. The van der Waals surface area contributed by atoms with Crippen LogP contribution in [-0.2, 0) is 4.74 Å². The zero-order valence-corrected chi connectivity index (χ0v) is 11.6. The predicted molar refractivity (Wildman–Crippen MR) is 77.2 cm³/mol. The van der Waals surface area contributed by atoms with E-state index in [1.807, 2.05) is 6.07 Å². The highest BCUT2D eigenvalue weighted by molar-refractivity contribution is 5.91. The van der Waals surface area contributed by atoms with Crippen LogP contribution in [0.4, 0.5) is 11.4 Å². The van der Waals surface area contributed by atoms with Crippen LogP contribution in [0.25, 0.3) is 0 Å². The van der Waals surface area contributed by atoms with Crippen LogP contribution < -0.4 is 11.1 Å². The van der Waals surface area contributed by atoms with Crippen LogP contribution >= 0.6 is 0 Å². The Bertz CT molecular complexity index is 459. The molecule has 0 unspecified atom stereocenters. The zero-order valence-electron chi connectivity index (χ0n) is 11.6. The number of anilines is 2. The first-order valence-corrected chi connectivity index (χ1v) is 6.86. The summed E-state index contributed by atoms with van der Waals surface area (Å²) >= 11 is 0. The Balaban J connectivity index is 2.10. The highest BCUT2D eigenvalue weighted by Crippen LogP contribution is 2.29. The van der Waals surface area contributed by atoms with E-state index < -0.39 is 0 Å². The Kier molecular flexibility index (Phi) is 4.30. The quantitative estimate of drug-likeness (QED) is 0.649. The molecule has 1 fully saturated rings. The molecule has 0 saturated heterocycles. The lowest BCUT2D eigenvalue weighted by Gasteiger charge is -2.30. The summed E-state index contributed by atoms with van der Waals surface area (Å²) in [6.07, 6.45) is 5.02. The lowest BCUT2D eigenvalue weighted by atomic mass is 9.86. The van der Waals surface area contributed by atoms with Crippen molar-refractivity contribution in [2.24, 2.45) is 5.92 Å². The number of methoxy groups -OCH3 is 1. The molecular formula is C15H22N2O2. The standard InChI is InChI=1S/C15H22N2O2/c1-10-5-3-4-6-13(10)17-14-8-7-11(9-12(14)16)15(18)19-2/h7-10,13,17H,3-6,16H2,1-2H3/t10-,13-/m0/s1. The summed E-state index contributed by atoms with van der Waals surface area (Å²) in [5.41, 5.74) is 8.00. The van der Waals surface area contributed by atoms with Crippen molar-refractivity contribution in [3.05, 3.63) is 23.8 Å². The van der Waals surface area contributed by atoms with Crippen LogP contribution in [-0.4, -0.2) is 19.1 Å². The van der Waals surface area contributed by atoms with Gasteiger partial charge in [0.05, 0.1) is 24.0 Å². The average Bonchev–Trinajstić information content (AvgIpc) is 2.42. The van der Waals surface area contributed by atoms with E-state index in [1.54, 1.807) is 12.1 Å². The number of hydrogen-bond acceptors (Lipinski definition) is 4. The van der Waals surface area contributed by atoms with Gasteiger partial charge in [0.25, 0.3) is 0 Å². The minimum Gasteiger partial charge on any atom is -0.465 e. The van der Waals surface area contributed by atoms with Gasteiger partial charge in [-0.05, 0) is 37.0 Å². The minimum absolute atomic E-state index is 0.357. The average molecular weight is 262 g/mol. The van der Waals surface area contributed by atoms with Crippen molar-refractivity contribution in [1.29, 1.82) is 0 Å². The lowest BCUT2D eigenvalue weighted by Crippen LogP contribution is -2.30. The molecule has 0 aliphatic heterocycles. The van der Waals surface area contributed by atoms with Gasteiger partial charge in [-0.25, -0.2) is 4.79 Å². The van der Waals surface area contributed by atoms with E-state index in [9.17, 15) is 4.79 Å². The molecule has 2 rings (SSSR count). The fourth-order valence-corrected chi connectivity index (χ4v) is 2.67. The van der Waals surface area contributed by atoms with Crippen molar-refractivity contribution in [3.8, 4) is 0 Å². The van der Waals surface area contributed by atoms with E-state index >= 15 is 0 Å². The van der Waals surface area contributed by atoms with Crippen LogP contribution in [0, 0.1) is 5.92 Å². The van der Waals surface area contributed by atoms with Crippen molar-refractivity contribution in [3.63, 3.8) is 0 Å². The van der Waals surface area contributed by atoms with Crippen LogP contribution in [0.2, 0.25) is 0 Å². The molecule has 0 radical (unpaired) electrons. The van der Waals surface area contributed by atoms with E-state index in [0.717, 1.165) is 5.69 Å². The first-order valence-electron chi connectivity index (χ1n) is 6.86. The molecule has 4 nitrogen and oxygen atoms in total. The molecule has 1 aliphatic rings. The summed E-state index contributed by atoms with van der Waals surface area (Å²) in [6.45, 7) is 2.27. The number of esters is 1. The van der Waals surface area contributed by atoms with Crippen molar-refractivity contribution >= 4 is 17.3 Å². The zero-order chi connectivity index (χ0) is 13.8. The number of benzene rings is 1. The molecule has 1 aliphatic carbocycles. The minimum atomic E-state index is -0.357. The second-order valence-electron chi connectivity index (χ2n) is 5.31. The van der Waals surface area contributed by atoms with Gasteiger partial charge >= 0.3 is 5.97 Å². The molecule has 1 aromatic carbocycles. The maximum Gasteiger partial charge on any atom is 0.337 e. The fourth-order valence-electron chi connectivity index (χ4n) is 2.67. The van der Waals surface area contributed by atoms with Gasteiger partial charge < -0.3 is 15.8 Å². The summed E-state index contributed by atoms with van der Waals surface area (Å²) in [5.74, 6) is 0.303. The van der Waals surface area contributed by atoms with Gasteiger partial charge in [0.2, 0.25) is 0 Å². The molecule has 1 saturated carbocycles. The molecule has 1 aromatic rings. The van der Waals surface area contributed by atoms with Gasteiger partial charge in [-0.3, -0.25) is 0 Å². The van der Waals surface area contributed by atoms with Gasteiger partial charge in [-0.2, -0.15) is 0 Å². The number of nitrogen functional groups attached to an aromatic ring is 1. The van der Waals surface area contributed by atoms with Gasteiger partial charge in [-0.1, -0.05) is 19.8 Å². The summed E-state index contributed by atoms with van der Waals surface area (Å²) in [7, 11) is 1.37. The topological polar surface area (TPSA) is 64.3 Å². The van der Waals surface area contributed by atoms with Gasteiger partial charge in [0.15, 0.2) is 0 Å². The number of nitrogens with two attached hydrogens (primary N) is 1.